The first-order valence-corrected chi connectivity index (χ1v) is 11.0. The van der Waals surface area contributed by atoms with Crippen LogP contribution in [0.4, 0.5) is 5.69 Å². The van der Waals surface area contributed by atoms with Crippen LogP contribution in [0.2, 0.25) is 0 Å². The first kappa shape index (κ1) is 21.7. The normalized spacial score (nSPS) is 11.9. The Labute approximate surface area is 181 Å². The van der Waals surface area contributed by atoms with Crippen molar-refractivity contribution < 1.29 is 4.70 Å². The summed E-state index contributed by atoms with van der Waals surface area (Å²) in [5.41, 5.74) is 8.97. The van der Waals surface area contributed by atoms with Gasteiger partial charge in [0.15, 0.2) is 13.2 Å². The van der Waals surface area contributed by atoms with E-state index in [1.54, 1.807) is 0 Å². The molecule has 0 unspecified atom stereocenters. The van der Waals surface area contributed by atoms with Crippen LogP contribution in [0.3, 0.4) is 0 Å². The largest absolute Gasteiger partial charge is 0.196 e. The summed E-state index contributed by atoms with van der Waals surface area (Å²) in [6.07, 6.45) is 8.90. The van der Waals surface area contributed by atoms with Crippen molar-refractivity contribution in [1.82, 2.24) is 0 Å². The number of unbranched alkanes of at least 4 members (excludes halogenated alkanes) is 1. The third-order valence-corrected chi connectivity index (χ3v) is 5.53. The van der Waals surface area contributed by atoms with Crippen LogP contribution < -0.4 is 0 Å². The number of azo groups is 2. The van der Waals surface area contributed by atoms with Crippen LogP contribution in [0.25, 0.3) is 17.2 Å². The minimum atomic E-state index is 0.949. The lowest BCUT2D eigenvalue weighted by atomic mass is 9.94. The molecule has 0 saturated carbocycles. The summed E-state index contributed by atoms with van der Waals surface area (Å²) in [5.74, 6) is 0. The van der Waals surface area contributed by atoms with E-state index in [4.69, 9.17) is 5.11 Å². The predicted octanol–water partition coefficient (Wildman–Crippen LogP) is 7.96. The van der Waals surface area contributed by atoms with Gasteiger partial charge < -0.3 is 0 Å². The molecule has 2 heteroatoms. The fourth-order valence-electron chi connectivity index (χ4n) is 3.74. The second kappa shape index (κ2) is 10.7. The first-order chi connectivity index (χ1) is 14.6. The van der Waals surface area contributed by atoms with Gasteiger partial charge in [-0.05, 0) is 76.8 Å². The molecule has 0 aliphatic heterocycles. The zero-order valence-electron chi connectivity index (χ0n) is 18.7. The van der Waals surface area contributed by atoms with E-state index >= 15 is 0 Å². The highest BCUT2D eigenvalue weighted by Crippen LogP contribution is 2.24. The van der Waals surface area contributed by atoms with E-state index in [0.717, 1.165) is 18.5 Å². The molecule has 0 aliphatic carbocycles. The van der Waals surface area contributed by atoms with Crippen LogP contribution in [0.15, 0.2) is 78.0 Å². The summed E-state index contributed by atoms with van der Waals surface area (Å²) in [6, 6.07) is 23.4. The lowest BCUT2D eigenvalue weighted by molar-refractivity contribution is -0.491. The zero-order valence-corrected chi connectivity index (χ0v) is 18.7. The van der Waals surface area contributed by atoms with Crippen molar-refractivity contribution in [3.8, 4) is 11.1 Å². The number of aryl methyl sites for hydroxylation is 2. The van der Waals surface area contributed by atoms with Crippen LogP contribution in [0, 0.1) is 6.92 Å². The van der Waals surface area contributed by atoms with E-state index in [0.29, 0.717) is 0 Å². The topological polar surface area (TPSA) is 15.4 Å². The highest BCUT2D eigenvalue weighted by Gasteiger charge is 2.06. The Hall–Kier alpha value is -3.00. The van der Waals surface area contributed by atoms with Gasteiger partial charge in [0, 0.05) is 6.08 Å². The number of hydrogen-bond donors (Lipinski definition) is 0. The van der Waals surface area contributed by atoms with Gasteiger partial charge in [0.05, 0.1) is 0 Å². The van der Waals surface area contributed by atoms with Crippen molar-refractivity contribution in [3.63, 3.8) is 0 Å². The number of benzene rings is 3. The van der Waals surface area contributed by atoms with Crippen molar-refractivity contribution in [2.24, 2.45) is 5.11 Å². The maximum absolute atomic E-state index is 4.74. The monoisotopic (exact) mass is 397 g/mol. The van der Waals surface area contributed by atoms with Crippen molar-refractivity contribution in [2.75, 3.05) is 7.05 Å². The molecule has 0 amide bonds. The molecule has 0 fully saturated rings. The minimum absolute atomic E-state index is 0.949. The Morgan fingerprint density at radius 1 is 0.867 bits per heavy atom. The van der Waals surface area contributed by atoms with Gasteiger partial charge in [-0.1, -0.05) is 79.6 Å². The molecule has 3 aromatic carbocycles. The molecule has 0 heterocycles. The lowest BCUT2D eigenvalue weighted by Gasteiger charge is -2.11. The highest BCUT2D eigenvalue weighted by molar-refractivity contribution is 5.66. The lowest BCUT2D eigenvalue weighted by Crippen LogP contribution is -1.97. The molecule has 0 N–H and O–H groups in total. The molecular weight excluding hydrogens is 364 g/mol. The third-order valence-electron chi connectivity index (χ3n) is 5.53. The van der Waals surface area contributed by atoms with E-state index in [2.05, 4.69) is 81.4 Å². The SMILES string of the molecule is CCCCc1cc(C=C[N+](C)=Nc2cccc(-c3ccccc3)c2)cc(CC)c1C. The van der Waals surface area contributed by atoms with E-state index in [1.165, 1.54) is 46.2 Å². The van der Waals surface area contributed by atoms with E-state index in [1.807, 2.05) is 30.1 Å². The van der Waals surface area contributed by atoms with Gasteiger partial charge in [-0.2, -0.15) is 0 Å². The van der Waals surface area contributed by atoms with Gasteiger partial charge >= 0.3 is 0 Å². The molecule has 0 saturated heterocycles. The van der Waals surface area contributed by atoms with Crippen molar-refractivity contribution >= 4 is 11.8 Å². The summed E-state index contributed by atoms with van der Waals surface area (Å²) >= 11 is 0. The smallest absolute Gasteiger partial charge is 0.0934 e. The molecular formula is C28H33N2+. The first-order valence-electron chi connectivity index (χ1n) is 11.0. The molecule has 0 radical (unpaired) electrons. The standard InChI is InChI=1S/C28H33N2/c1-5-7-12-26-20-23(19-24(6-2)22(26)3)17-18-30(4)29-28-16-11-15-27(21-28)25-13-9-8-10-14-25/h8-11,13-21H,5-7,12H2,1-4H3/q+1. The molecule has 0 aliphatic rings. The third kappa shape index (κ3) is 5.76. The Morgan fingerprint density at radius 2 is 1.60 bits per heavy atom. The molecule has 0 bridgehead atoms. The van der Waals surface area contributed by atoms with Crippen LogP contribution in [0.5, 0.6) is 0 Å². The molecule has 0 aromatic heterocycles. The Kier molecular flexibility index (Phi) is 7.73. The summed E-state index contributed by atoms with van der Waals surface area (Å²) in [7, 11) is 1.98. The second-order valence-corrected chi connectivity index (χ2v) is 7.83. The van der Waals surface area contributed by atoms with E-state index in [-0.39, 0.29) is 0 Å². The number of hydrogen-bond acceptors (Lipinski definition) is 1. The fourth-order valence-corrected chi connectivity index (χ4v) is 3.74. The average molecular weight is 398 g/mol. The molecule has 2 nitrogen and oxygen atoms in total. The van der Waals surface area contributed by atoms with Gasteiger partial charge in [0.25, 0.3) is 0 Å². The second-order valence-electron chi connectivity index (χ2n) is 7.83. The Morgan fingerprint density at radius 3 is 2.33 bits per heavy atom. The number of rotatable bonds is 8. The molecule has 30 heavy (non-hydrogen) atoms. The zero-order chi connectivity index (χ0) is 21.3. The quantitative estimate of drug-likeness (QED) is 0.270. The molecule has 3 aromatic rings. The van der Waals surface area contributed by atoms with E-state index < -0.39 is 0 Å². The maximum Gasteiger partial charge on any atom is 0.196 e. The Balaban J connectivity index is 1.82. The summed E-state index contributed by atoms with van der Waals surface area (Å²) < 4.78 is 1.89. The summed E-state index contributed by atoms with van der Waals surface area (Å²) in [4.78, 5) is 0. The van der Waals surface area contributed by atoms with Gasteiger partial charge in [0.1, 0.15) is 5.69 Å². The maximum atomic E-state index is 4.74. The van der Waals surface area contributed by atoms with E-state index in [9.17, 15) is 0 Å². The van der Waals surface area contributed by atoms with Crippen molar-refractivity contribution in [1.29, 1.82) is 0 Å². The molecule has 154 valence electrons. The van der Waals surface area contributed by atoms with Gasteiger partial charge in [-0.25, -0.2) is 0 Å². The van der Waals surface area contributed by atoms with Crippen LogP contribution in [0.1, 0.15) is 48.9 Å². The number of nitrogens with zero attached hydrogens (tertiary/aromatic N) is 2. The van der Waals surface area contributed by atoms with Gasteiger partial charge in [-0.3, -0.25) is 0 Å². The highest BCUT2D eigenvalue weighted by atomic mass is 15.2. The summed E-state index contributed by atoms with van der Waals surface area (Å²) in [6.45, 7) is 6.75. The van der Waals surface area contributed by atoms with Crippen LogP contribution in [-0.2, 0) is 12.8 Å². The van der Waals surface area contributed by atoms with Gasteiger partial charge in [-0.15, -0.1) is 0 Å². The van der Waals surface area contributed by atoms with Crippen molar-refractivity contribution in [2.45, 2.75) is 46.5 Å². The Bertz CT molecular complexity index is 1030. The fraction of sp³-hybridized carbons (Fsp3) is 0.286. The van der Waals surface area contributed by atoms with Crippen LogP contribution in [-0.4, -0.2) is 11.7 Å². The molecule has 3 rings (SSSR count). The van der Waals surface area contributed by atoms with Crippen LogP contribution >= 0.6 is 0 Å². The molecule has 0 spiro atoms. The minimum Gasteiger partial charge on any atom is -0.0934 e. The average Bonchev–Trinajstić information content (AvgIpc) is 2.78. The predicted molar refractivity (Wildman–Crippen MR) is 128 cm³/mol. The van der Waals surface area contributed by atoms with Crippen molar-refractivity contribution in [3.05, 3.63) is 95.2 Å². The molecule has 0 atom stereocenters. The van der Waals surface area contributed by atoms with Gasteiger partial charge in [0.2, 0.25) is 0 Å². The summed E-state index contributed by atoms with van der Waals surface area (Å²) in [5, 5.41) is 4.74.